The van der Waals surface area contributed by atoms with Gasteiger partial charge in [0.05, 0.1) is 11.8 Å². The van der Waals surface area contributed by atoms with Crippen molar-refractivity contribution in [3.63, 3.8) is 0 Å². The fourth-order valence-corrected chi connectivity index (χ4v) is 1.37. The summed E-state index contributed by atoms with van der Waals surface area (Å²) >= 11 is 0. The predicted molar refractivity (Wildman–Crippen MR) is 60.8 cm³/mol. The van der Waals surface area contributed by atoms with E-state index in [1.165, 1.54) is 6.20 Å². The molecule has 5 heteroatoms. The molecule has 16 heavy (non-hydrogen) atoms. The number of nitriles is 1. The van der Waals surface area contributed by atoms with E-state index in [-0.39, 0.29) is 12.1 Å². The summed E-state index contributed by atoms with van der Waals surface area (Å²) < 4.78 is 0. The molecule has 0 saturated carbocycles. The highest BCUT2D eigenvalue weighted by Gasteiger charge is 2.22. The summed E-state index contributed by atoms with van der Waals surface area (Å²) in [7, 11) is 0. The third kappa shape index (κ3) is 2.91. The third-order valence-corrected chi connectivity index (χ3v) is 2.71. The molecule has 1 rings (SSSR count). The summed E-state index contributed by atoms with van der Waals surface area (Å²) in [5.41, 5.74) is 0.198. The first-order valence-corrected chi connectivity index (χ1v) is 5.26. The Hall–Kier alpha value is -1.67. The number of rotatable bonds is 5. The van der Waals surface area contributed by atoms with Crippen LogP contribution in [0.25, 0.3) is 0 Å². The molecule has 86 valence electrons. The molecular weight excluding hydrogens is 204 g/mol. The fraction of sp³-hybridized carbons (Fsp3) is 0.545. The zero-order valence-corrected chi connectivity index (χ0v) is 9.56. The molecule has 5 nitrogen and oxygen atoms in total. The second kappa shape index (κ2) is 5.42. The zero-order valence-electron chi connectivity index (χ0n) is 9.56. The van der Waals surface area contributed by atoms with Gasteiger partial charge in [-0.2, -0.15) is 10.4 Å². The Morgan fingerprint density at radius 1 is 1.62 bits per heavy atom. The lowest BCUT2D eigenvalue weighted by atomic mass is 9.95. The van der Waals surface area contributed by atoms with Gasteiger partial charge < -0.3 is 10.4 Å². The van der Waals surface area contributed by atoms with Crippen molar-refractivity contribution < 1.29 is 5.11 Å². The minimum atomic E-state index is -0.267. The molecule has 1 unspecified atom stereocenters. The number of nitrogens with zero attached hydrogens (tertiary/aromatic N) is 3. The van der Waals surface area contributed by atoms with Crippen LogP contribution in [-0.4, -0.2) is 27.4 Å². The van der Waals surface area contributed by atoms with Crippen molar-refractivity contribution in [2.75, 3.05) is 11.9 Å². The van der Waals surface area contributed by atoms with Crippen molar-refractivity contribution in [2.45, 2.75) is 32.2 Å². The Labute approximate surface area is 95.1 Å². The van der Waals surface area contributed by atoms with Gasteiger partial charge in [0.15, 0.2) is 5.82 Å². The topological polar surface area (TPSA) is 81.8 Å². The van der Waals surface area contributed by atoms with Crippen LogP contribution < -0.4 is 5.32 Å². The van der Waals surface area contributed by atoms with Crippen LogP contribution >= 0.6 is 0 Å². The molecule has 0 aromatic carbocycles. The van der Waals surface area contributed by atoms with Crippen LogP contribution in [0.1, 0.15) is 32.3 Å². The van der Waals surface area contributed by atoms with Gasteiger partial charge in [-0.3, -0.25) is 0 Å². The average Bonchev–Trinajstić information content (AvgIpc) is 2.30. The first kappa shape index (κ1) is 12.4. The smallest absolute Gasteiger partial charge is 0.167 e. The molecule has 1 heterocycles. The van der Waals surface area contributed by atoms with Gasteiger partial charge in [-0.05, 0) is 25.8 Å². The molecular formula is C11H16N4O. The number of aliphatic hydroxyl groups is 1. The Morgan fingerprint density at radius 2 is 2.38 bits per heavy atom. The minimum absolute atomic E-state index is 0.0967. The molecule has 0 amide bonds. The molecule has 2 N–H and O–H groups in total. The van der Waals surface area contributed by atoms with Gasteiger partial charge >= 0.3 is 0 Å². The number of hydrogen-bond donors (Lipinski definition) is 2. The summed E-state index contributed by atoms with van der Waals surface area (Å²) in [5.74, 6) is 0.475. The highest BCUT2D eigenvalue weighted by Crippen LogP contribution is 2.21. The molecule has 0 fully saturated rings. The van der Waals surface area contributed by atoms with E-state index >= 15 is 0 Å². The highest BCUT2D eigenvalue weighted by atomic mass is 16.3. The van der Waals surface area contributed by atoms with Crippen molar-refractivity contribution in [1.82, 2.24) is 10.2 Å². The molecule has 1 aromatic rings. The highest BCUT2D eigenvalue weighted by molar-refractivity contribution is 5.51. The van der Waals surface area contributed by atoms with Crippen molar-refractivity contribution in [1.29, 1.82) is 5.26 Å². The second-order valence-corrected chi connectivity index (χ2v) is 3.92. The van der Waals surface area contributed by atoms with Crippen molar-refractivity contribution in [3.05, 3.63) is 17.8 Å². The third-order valence-electron chi connectivity index (χ3n) is 2.71. The summed E-state index contributed by atoms with van der Waals surface area (Å²) in [6.07, 6.45) is 2.92. The maximum atomic E-state index is 9.00. The van der Waals surface area contributed by atoms with E-state index in [1.807, 2.05) is 13.8 Å². The second-order valence-electron chi connectivity index (χ2n) is 3.92. The van der Waals surface area contributed by atoms with E-state index < -0.39 is 0 Å². The number of anilines is 1. The van der Waals surface area contributed by atoms with Gasteiger partial charge in [0.1, 0.15) is 6.07 Å². The predicted octanol–water partition coefficient (Wildman–Crippen LogP) is 1.31. The number of hydrogen-bond acceptors (Lipinski definition) is 5. The number of aromatic nitrogens is 2. The number of nitrogens with one attached hydrogen (secondary N) is 1. The quantitative estimate of drug-likeness (QED) is 0.781. The molecule has 0 saturated heterocycles. The first-order valence-electron chi connectivity index (χ1n) is 5.26. The molecule has 0 aliphatic rings. The Balaban J connectivity index is 2.90. The summed E-state index contributed by atoms with van der Waals surface area (Å²) in [6, 6.07) is 3.67. The van der Waals surface area contributed by atoms with E-state index in [2.05, 4.69) is 21.6 Å². The van der Waals surface area contributed by atoms with Gasteiger partial charge in [0.2, 0.25) is 0 Å². The largest absolute Gasteiger partial charge is 0.396 e. The van der Waals surface area contributed by atoms with Crippen LogP contribution in [-0.2, 0) is 0 Å². The number of aliphatic hydroxyl groups excluding tert-OH is 1. The van der Waals surface area contributed by atoms with Gasteiger partial charge in [-0.25, -0.2) is 0 Å². The Kier molecular flexibility index (Phi) is 4.20. The molecule has 1 atom stereocenters. The zero-order chi connectivity index (χ0) is 12.0. The summed E-state index contributed by atoms with van der Waals surface area (Å²) in [5, 5.41) is 28.7. The first-order chi connectivity index (χ1) is 7.65. The van der Waals surface area contributed by atoms with Gasteiger partial charge in [0.25, 0.3) is 0 Å². The fourth-order valence-electron chi connectivity index (χ4n) is 1.37. The molecule has 0 radical (unpaired) electrons. The van der Waals surface area contributed by atoms with Crippen LogP contribution in [0.2, 0.25) is 0 Å². The normalized spacial score (nSPS) is 13.9. The van der Waals surface area contributed by atoms with E-state index in [1.54, 1.807) is 6.07 Å². The van der Waals surface area contributed by atoms with Crippen LogP contribution in [0.5, 0.6) is 0 Å². The SMILES string of the molecule is CCC(C)(CCO)Nc1nnccc1C#N. The lowest BCUT2D eigenvalue weighted by Gasteiger charge is -2.29. The van der Waals surface area contributed by atoms with Crippen LogP contribution in [0, 0.1) is 11.3 Å². The monoisotopic (exact) mass is 220 g/mol. The van der Waals surface area contributed by atoms with E-state index in [0.29, 0.717) is 17.8 Å². The van der Waals surface area contributed by atoms with Gasteiger partial charge in [0, 0.05) is 12.1 Å². The van der Waals surface area contributed by atoms with E-state index in [4.69, 9.17) is 10.4 Å². The van der Waals surface area contributed by atoms with Crippen molar-refractivity contribution in [3.8, 4) is 6.07 Å². The van der Waals surface area contributed by atoms with Crippen LogP contribution in [0.3, 0.4) is 0 Å². The van der Waals surface area contributed by atoms with E-state index in [9.17, 15) is 0 Å². The Bertz CT molecular complexity index is 388. The maximum Gasteiger partial charge on any atom is 0.167 e. The lowest BCUT2D eigenvalue weighted by Crippen LogP contribution is -2.35. The van der Waals surface area contributed by atoms with Gasteiger partial charge in [-0.1, -0.05) is 6.92 Å². The molecule has 0 bridgehead atoms. The maximum absolute atomic E-state index is 9.00. The summed E-state index contributed by atoms with van der Waals surface area (Å²) in [6.45, 7) is 4.10. The minimum Gasteiger partial charge on any atom is -0.396 e. The van der Waals surface area contributed by atoms with Crippen molar-refractivity contribution >= 4 is 5.82 Å². The average molecular weight is 220 g/mol. The molecule has 0 aliphatic carbocycles. The lowest BCUT2D eigenvalue weighted by molar-refractivity contribution is 0.251. The standard InChI is InChI=1S/C11H16N4O/c1-3-11(2,5-7-16)14-10-9(8-12)4-6-13-15-10/h4,6,16H,3,5,7H2,1-2H3,(H,14,15). The van der Waals surface area contributed by atoms with Gasteiger partial charge in [-0.15, -0.1) is 5.10 Å². The van der Waals surface area contributed by atoms with Crippen molar-refractivity contribution in [2.24, 2.45) is 0 Å². The summed E-state index contributed by atoms with van der Waals surface area (Å²) in [4.78, 5) is 0. The molecule has 0 aliphatic heterocycles. The van der Waals surface area contributed by atoms with Crippen LogP contribution in [0.4, 0.5) is 5.82 Å². The molecule has 1 aromatic heterocycles. The van der Waals surface area contributed by atoms with Crippen LogP contribution in [0.15, 0.2) is 12.3 Å². The molecule has 0 spiro atoms. The van der Waals surface area contributed by atoms with E-state index in [0.717, 1.165) is 6.42 Å². The Morgan fingerprint density at radius 3 is 2.94 bits per heavy atom.